The van der Waals surface area contributed by atoms with Crippen LogP contribution in [-0.4, -0.2) is 10.7 Å². The number of rotatable bonds is 2. The second-order valence-corrected chi connectivity index (χ2v) is 3.15. The van der Waals surface area contributed by atoms with Crippen LogP contribution in [0.1, 0.15) is 5.56 Å². The van der Waals surface area contributed by atoms with Crippen molar-refractivity contribution in [3.05, 3.63) is 35.9 Å². The van der Waals surface area contributed by atoms with Crippen molar-refractivity contribution in [2.45, 2.75) is 6.42 Å². The van der Waals surface area contributed by atoms with Crippen molar-refractivity contribution in [3.8, 4) is 0 Å². The molecule has 1 unspecified atom stereocenters. The molecule has 0 aliphatic rings. The molecule has 1 atom stereocenters. The lowest BCUT2D eigenvalue weighted by Gasteiger charge is -1.91. The van der Waals surface area contributed by atoms with Gasteiger partial charge in [0.2, 0.25) is 8.00 Å². The molecule has 1 N–H and O–H groups in total. The van der Waals surface area contributed by atoms with E-state index in [0.29, 0.717) is 6.42 Å². The molecule has 0 aliphatic carbocycles. The zero-order chi connectivity index (χ0) is 8.10. The molecule has 0 heterocycles. The Morgan fingerprint density at radius 1 is 1.36 bits per heavy atom. The zero-order valence-electron chi connectivity index (χ0n) is 5.97. The summed E-state index contributed by atoms with van der Waals surface area (Å²) >= 11 is 0. The minimum Gasteiger partial charge on any atom is -0.603 e. The third-order valence-electron chi connectivity index (χ3n) is 1.33. The SMILES string of the molecule is [O-][P+](O)=CCc1ccccc1. The van der Waals surface area contributed by atoms with Crippen molar-refractivity contribution in [1.82, 2.24) is 0 Å². The van der Waals surface area contributed by atoms with Gasteiger partial charge in [-0.05, 0) is 5.56 Å². The topological polar surface area (TPSA) is 43.3 Å². The Hall–Kier alpha value is -0.690. The van der Waals surface area contributed by atoms with Gasteiger partial charge in [0, 0.05) is 6.42 Å². The predicted octanol–water partition coefficient (Wildman–Crippen LogP) is 0.696. The van der Waals surface area contributed by atoms with Crippen molar-refractivity contribution in [3.63, 3.8) is 0 Å². The Bertz CT molecular complexity index is 240. The molecule has 3 heteroatoms. The van der Waals surface area contributed by atoms with Crippen LogP contribution in [0.2, 0.25) is 0 Å². The van der Waals surface area contributed by atoms with E-state index in [1.807, 2.05) is 30.3 Å². The minimum atomic E-state index is -2.10. The van der Waals surface area contributed by atoms with E-state index in [2.05, 4.69) is 0 Å². The van der Waals surface area contributed by atoms with Gasteiger partial charge in [-0.25, -0.2) is 0 Å². The quantitative estimate of drug-likeness (QED) is 0.660. The van der Waals surface area contributed by atoms with E-state index in [9.17, 15) is 4.89 Å². The second-order valence-electron chi connectivity index (χ2n) is 2.17. The first-order valence-electron chi connectivity index (χ1n) is 3.31. The average molecular weight is 168 g/mol. The molecular formula is C8H9O2P. The minimum absolute atomic E-state index is 0.562. The summed E-state index contributed by atoms with van der Waals surface area (Å²) in [4.78, 5) is 18.7. The van der Waals surface area contributed by atoms with Crippen LogP contribution in [-0.2, 0) is 6.42 Å². The molecule has 0 saturated carbocycles. The molecule has 0 amide bonds. The molecule has 0 radical (unpaired) electrons. The van der Waals surface area contributed by atoms with Gasteiger partial charge in [0.25, 0.3) is 0 Å². The predicted molar refractivity (Wildman–Crippen MR) is 45.3 cm³/mol. The van der Waals surface area contributed by atoms with Crippen molar-refractivity contribution in [2.75, 3.05) is 0 Å². The number of hydrogen-bond acceptors (Lipinski definition) is 2. The number of benzene rings is 1. The largest absolute Gasteiger partial charge is 0.603 e. The van der Waals surface area contributed by atoms with Crippen LogP contribution in [0.25, 0.3) is 0 Å². The first-order valence-corrected chi connectivity index (χ1v) is 4.59. The Morgan fingerprint density at radius 2 is 2.00 bits per heavy atom. The smallest absolute Gasteiger partial charge is 0.213 e. The molecule has 0 aromatic heterocycles. The fourth-order valence-corrected chi connectivity index (χ4v) is 1.16. The van der Waals surface area contributed by atoms with Crippen molar-refractivity contribution in [2.24, 2.45) is 0 Å². The zero-order valence-corrected chi connectivity index (χ0v) is 6.87. The summed E-state index contributed by atoms with van der Waals surface area (Å²) < 4.78 is 0. The monoisotopic (exact) mass is 168 g/mol. The van der Waals surface area contributed by atoms with Crippen LogP contribution < -0.4 is 4.89 Å². The van der Waals surface area contributed by atoms with E-state index >= 15 is 0 Å². The van der Waals surface area contributed by atoms with Crippen molar-refractivity contribution < 1.29 is 9.79 Å². The van der Waals surface area contributed by atoms with E-state index in [1.165, 1.54) is 5.80 Å². The molecule has 1 aromatic carbocycles. The summed E-state index contributed by atoms with van der Waals surface area (Å²) in [5, 5.41) is 0. The molecule has 0 fully saturated rings. The van der Waals surface area contributed by atoms with Gasteiger partial charge in [-0.1, -0.05) is 30.3 Å². The summed E-state index contributed by atoms with van der Waals surface area (Å²) in [5.41, 5.74) is 1.06. The lowest BCUT2D eigenvalue weighted by Crippen LogP contribution is -1.91. The Balaban J connectivity index is 2.59. The van der Waals surface area contributed by atoms with Gasteiger partial charge in [0.15, 0.2) is 0 Å². The Labute approximate surface area is 66.7 Å². The fourth-order valence-electron chi connectivity index (χ4n) is 0.798. The van der Waals surface area contributed by atoms with Gasteiger partial charge in [-0.2, -0.15) is 4.89 Å². The standard InChI is InChI=1S/C8H9O2P/c9-11(10)7-6-8-4-2-1-3-5-8/h1-5,7H,6H2,(H,9,10). The molecule has 2 nitrogen and oxygen atoms in total. The highest BCUT2D eigenvalue weighted by molar-refractivity contribution is 7.43. The molecule has 0 saturated heterocycles. The molecule has 58 valence electrons. The van der Waals surface area contributed by atoms with E-state index in [0.717, 1.165) is 5.56 Å². The maximum absolute atomic E-state index is 10.3. The maximum atomic E-state index is 10.3. The molecule has 1 rings (SSSR count). The molecule has 0 spiro atoms. The van der Waals surface area contributed by atoms with Crippen LogP contribution in [0.15, 0.2) is 30.3 Å². The van der Waals surface area contributed by atoms with Crippen LogP contribution in [0.5, 0.6) is 0 Å². The van der Waals surface area contributed by atoms with E-state index in [-0.39, 0.29) is 0 Å². The van der Waals surface area contributed by atoms with Crippen LogP contribution >= 0.6 is 8.00 Å². The Morgan fingerprint density at radius 3 is 2.55 bits per heavy atom. The Kier molecular flexibility index (Phi) is 3.24. The average Bonchev–Trinajstić information content (AvgIpc) is 2.03. The first-order chi connectivity index (χ1) is 5.29. The van der Waals surface area contributed by atoms with Gasteiger partial charge >= 0.3 is 0 Å². The van der Waals surface area contributed by atoms with E-state index < -0.39 is 8.00 Å². The first kappa shape index (κ1) is 8.41. The van der Waals surface area contributed by atoms with Crippen molar-refractivity contribution >= 4 is 13.8 Å². The van der Waals surface area contributed by atoms with E-state index in [4.69, 9.17) is 4.89 Å². The summed E-state index contributed by atoms with van der Waals surface area (Å²) in [6.45, 7) is 0. The molecule has 0 bridgehead atoms. The number of hydrogen-bond donors (Lipinski definition) is 1. The third-order valence-corrected chi connectivity index (χ3v) is 1.82. The van der Waals surface area contributed by atoms with Crippen LogP contribution in [0, 0.1) is 0 Å². The van der Waals surface area contributed by atoms with Crippen molar-refractivity contribution in [1.29, 1.82) is 0 Å². The summed E-state index contributed by atoms with van der Waals surface area (Å²) in [5.74, 6) is 1.39. The van der Waals surface area contributed by atoms with Gasteiger partial charge < -0.3 is 4.89 Å². The normalized spacial score (nSPS) is 11.6. The van der Waals surface area contributed by atoms with Gasteiger partial charge in [-0.3, -0.25) is 0 Å². The molecular weight excluding hydrogens is 159 g/mol. The maximum Gasteiger partial charge on any atom is 0.213 e. The molecule has 1 aromatic rings. The molecule has 0 aliphatic heterocycles. The summed E-state index contributed by atoms with van der Waals surface area (Å²) in [6.07, 6.45) is 0.562. The van der Waals surface area contributed by atoms with Crippen LogP contribution in [0.3, 0.4) is 0 Å². The molecule has 11 heavy (non-hydrogen) atoms. The fraction of sp³-hybridized carbons (Fsp3) is 0.125. The van der Waals surface area contributed by atoms with Gasteiger partial charge in [0.05, 0.1) is 0 Å². The van der Waals surface area contributed by atoms with Crippen LogP contribution in [0.4, 0.5) is 0 Å². The summed E-state index contributed by atoms with van der Waals surface area (Å²) in [6, 6.07) is 9.59. The van der Waals surface area contributed by atoms with Gasteiger partial charge in [0.1, 0.15) is 5.80 Å². The lowest BCUT2D eigenvalue weighted by atomic mass is 10.2. The highest BCUT2D eigenvalue weighted by atomic mass is 31.1. The van der Waals surface area contributed by atoms with E-state index in [1.54, 1.807) is 0 Å². The summed E-state index contributed by atoms with van der Waals surface area (Å²) in [7, 11) is -2.10. The third kappa shape index (κ3) is 3.28. The lowest BCUT2D eigenvalue weighted by molar-refractivity contribution is -0.167. The second kappa shape index (κ2) is 4.24. The highest BCUT2D eigenvalue weighted by Gasteiger charge is 1.90. The van der Waals surface area contributed by atoms with Gasteiger partial charge in [-0.15, -0.1) is 0 Å². The highest BCUT2D eigenvalue weighted by Crippen LogP contribution is 2.03.